The summed E-state index contributed by atoms with van der Waals surface area (Å²) in [6.45, 7) is 4.73. The minimum absolute atomic E-state index is 0.179. The summed E-state index contributed by atoms with van der Waals surface area (Å²) in [5.74, 6) is -2.62. The minimum atomic E-state index is -1.02. The average Bonchev–Trinajstić information content (AvgIpc) is 2.78. The van der Waals surface area contributed by atoms with E-state index in [-0.39, 0.29) is 43.8 Å². The van der Waals surface area contributed by atoms with E-state index in [1.807, 2.05) is 13.8 Å². The lowest BCUT2D eigenvalue weighted by Gasteiger charge is -2.42. The molecule has 1 aromatic heterocycles. The first kappa shape index (κ1) is 19.2. The molecule has 0 radical (unpaired) electrons. The van der Waals surface area contributed by atoms with Crippen molar-refractivity contribution in [2.75, 3.05) is 26.7 Å². The Balaban J connectivity index is 1.79. The van der Waals surface area contributed by atoms with Crippen molar-refractivity contribution < 1.29 is 23.2 Å². The second kappa shape index (κ2) is 6.86. The van der Waals surface area contributed by atoms with Gasteiger partial charge in [0.05, 0.1) is 6.20 Å². The molecular formula is C18H22F2N4O3. The first-order valence-electron chi connectivity index (χ1n) is 8.87. The summed E-state index contributed by atoms with van der Waals surface area (Å²) in [4.78, 5) is 45.5. The van der Waals surface area contributed by atoms with Crippen molar-refractivity contribution in [1.82, 2.24) is 19.7 Å². The summed E-state index contributed by atoms with van der Waals surface area (Å²) in [5, 5.41) is 0. The highest BCUT2D eigenvalue weighted by Crippen LogP contribution is 2.37. The van der Waals surface area contributed by atoms with Crippen LogP contribution in [-0.4, -0.2) is 69.8 Å². The number of rotatable bonds is 3. The van der Waals surface area contributed by atoms with Gasteiger partial charge in [0, 0.05) is 32.7 Å². The quantitative estimate of drug-likeness (QED) is 0.751. The molecule has 1 spiro atoms. The van der Waals surface area contributed by atoms with Gasteiger partial charge in [0.2, 0.25) is 0 Å². The standard InChI is InChI=1S/C18H22F2N4O3/c1-11(2)10-24-17(27)22(3)16(26)18(24)4-6-23(7-5-18)15(25)14-13(20)8-12(19)9-21-14/h8-9,11H,4-7,10H2,1-3H3. The van der Waals surface area contributed by atoms with Crippen molar-refractivity contribution in [3.8, 4) is 0 Å². The lowest BCUT2D eigenvalue weighted by molar-refractivity contribution is -0.134. The number of hydrogen-bond donors (Lipinski definition) is 0. The molecule has 0 atom stereocenters. The van der Waals surface area contributed by atoms with Crippen LogP contribution in [-0.2, 0) is 4.79 Å². The number of carbonyl (C=O) groups excluding carboxylic acids is 3. The summed E-state index contributed by atoms with van der Waals surface area (Å²) in [5.41, 5.74) is -1.42. The van der Waals surface area contributed by atoms with Crippen molar-refractivity contribution in [3.63, 3.8) is 0 Å². The molecule has 3 rings (SSSR count). The summed E-state index contributed by atoms with van der Waals surface area (Å²) in [7, 11) is 1.46. The van der Waals surface area contributed by atoms with Gasteiger partial charge in [-0.2, -0.15) is 0 Å². The van der Waals surface area contributed by atoms with Crippen molar-refractivity contribution in [2.45, 2.75) is 32.2 Å². The number of hydrogen-bond acceptors (Lipinski definition) is 4. The first-order chi connectivity index (χ1) is 12.7. The second-order valence-corrected chi connectivity index (χ2v) is 7.46. The zero-order chi connectivity index (χ0) is 19.9. The van der Waals surface area contributed by atoms with Gasteiger partial charge in [0.15, 0.2) is 11.5 Å². The number of likely N-dealkylation sites (tertiary alicyclic amines) is 1. The highest BCUT2D eigenvalue weighted by atomic mass is 19.1. The van der Waals surface area contributed by atoms with Gasteiger partial charge in [-0.3, -0.25) is 14.5 Å². The fourth-order valence-electron chi connectivity index (χ4n) is 3.78. The highest BCUT2D eigenvalue weighted by Gasteiger charge is 2.57. The van der Waals surface area contributed by atoms with E-state index in [0.717, 1.165) is 11.1 Å². The first-order valence-corrected chi connectivity index (χ1v) is 8.87. The van der Waals surface area contributed by atoms with Gasteiger partial charge in [-0.25, -0.2) is 18.6 Å². The van der Waals surface area contributed by atoms with Gasteiger partial charge < -0.3 is 9.80 Å². The SMILES string of the molecule is CC(C)CN1C(=O)N(C)C(=O)C12CCN(C(=O)c1ncc(F)cc1F)CC2. The Morgan fingerprint density at radius 1 is 1.26 bits per heavy atom. The van der Waals surface area contributed by atoms with Gasteiger partial charge in [0.25, 0.3) is 11.8 Å². The van der Waals surface area contributed by atoms with E-state index in [2.05, 4.69) is 4.98 Å². The van der Waals surface area contributed by atoms with Crippen LogP contribution in [0.3, 0.4) is 0 Å². The molecule has 4 amide bonds. The number of aromatic nitrogens is 1. The Morgan fingerprint density at radius 2 is 1.89 bits per heavy atom. The number of halogens is 2. The van der Waals surface area contributed by atoms with Crippen LogP contribution in [0.4, 0.5) is 13.6 Å². The summed E-state index contributed by atoms with van der Waals surface area (Å²) in [6, 6.07) is 0.282. The van der Waals surface area contributed by atoms with Gasteiger partial charge in [-0.1, -0.05) is 13.8 Å². The van der Waals surface area contributed by atoms with Gasteiger partial charge >= 0.3 is 6.03 Å². The number of amides is 4. The fraction of sp³-hybridized carbons (Fsp3) is 0.556. The van der Waals surface area contributed by atoms with Crippen molar-refractivity contribution >= 4 is 17.8 Å². The van der Waals surface area contributed by atoms with Gasteiger partial charge in [-0.15, -0.1) is 0 Å². The number of urea groups is 1. The maximum Gasteiger partial charge on any atom is 0.327 e. The van der Waals surface area contributed by atoms with Crippen molar-refractivity contribution in [3.05, 3.63) is 29.6 Å². The molecule has 2 saturated heterocycles. The summed E-state index contributed by atoms with van der Waals surface area (Å²) < 4.78 is 26.9. The molecule has 0 saturated carbocycles. The Labute approximate surface area is 155 Å². The Kier molecular flexibility index (Phi) is 4.88. The van der Waals surface area contributed by atoms with E-state index in [1.54, 1.807) is 4.90 Å². The summed E-state index contributed by atoms with van der Waals surface area (Å²) >= 11 is 0. The Bertz CT molecular complexity index is 791. The molecule has 27 heavy (non-hydrogen) atoms. The third kappa shape index (κ3) is 3.15. The lowest BCUT2D eigenvalue weighted by Crippen LogP contribution is -2.58. The molecule has 1 aromatic rings. The van der Waals surface area contributed by atoms with Gasteiger partial charge in [-0.05, 0) is 18.8 Å². The predicted octanol–water partition coefficient (Wildman–Crippen LogP) is 1.88. The van der Waals surface area contributed by atoms with E-state index in [9.17, 15) is 23.2 Å². The molecular weight excluding hydrogens is 358 g/mol. The van der Waals surface area contributed by atoms with Crippen LogP contribution in [0.15, 0.2) is 12.3 Å². The molecule has 2 aliphatic heterocycles. The molecule has 146 valence electrons. The Morgan fingerprint density at radius 3 is 2.44 bits per heavy atom. The molecule has 0 bridgehead atoms. The maximum atomic E-state index is 13.9. The number of piperidine rings is 1. The highest BCUT2D eigenvalue weighted by molar-refractivity contribution is 6.07. The van der Waals surface area contributed by atoms with Crippen LogP contribution in [0.5, 0.6) is 0 Å². The average molecular weight is 380 g/mol. The van der Waals surface area contributed by atoms with Crippen molar-refractivity contribution in [2.24, 2.45) is 5.92 Å². The van der Waals surface area contributed by atoms with E-state index < -0.39 is 28.8 Å². The molecule has 2 aliphatic rings. The monoisotopic (exact) mass is 380 g/mol. The van der Waals surface area contributed by atoms with Crippen LogP contribution >= 0.6 is 0 Å². The smallest absolute Gasteiger partial charge is 0.327 e. The van der Waals surface area contributed by atoms with Crippen molar-refractivity contribution in [1.29, 1.82) is 0 Å². The topological polar surface area (TPSA) is 73.8 Å². The normalized spacial score (nSPS) is 19.6. The van der Waals surface area contributed by atoms with Crippen LogP contribution in [0, 0.1) is 17.6 Å². The Hall–Kier alpha value is -2.58. The molecule has 2 fully saturated rings. The number of imide groups is 1. The summed E-state index contributed by atoms with van der Waals surface area (Å²) in [6.07, 6.45) is 1.33. The number of carbonyl (C=O) groups is 3. The molecule has 0 aliphatic carbocycles. The zero-order valence-corrected chi connectivity index (χ0v) is 15.5. The van der Waals surface area contributed by atoms with Crippen LogP contribution in [0.25, 0.3) is 0 Å². The molecule has 9 heteroatoms. The zero-order valence-electron chi connectivity index (χ0n) is 15.5. The lowest BCUT2D eigenvalue weighted by atomic mass is 9.85. The van der Waals surface area contributed by atoms with E-state index in [4.69, 9.17) is 0 Å². The van der Waals surface area contributed by atoms with Crippen LogP contribution < -0.4 is 0 Å². The number of nitrogens with zero attached hydrogens (tertiary/aromatic N) is 4. The van der Waals surface area contributed by atoms with Crippen LogP contribution in [0.2, 0.25) is 0 Å². The van der Waals surface area contributed by atoms with E-state index >= 15 is 0 Å². The number of pyridine rings is 1. The molecule has 0 N–H and O–H groups in total. The number of likely N-dealkylation sites (N-methyl/N-ethyl adjacent to an activating group) is 1. The third-order valence-electron chi connectivity index (χ3n) is 5.17. The molecule has 3 heterocycles. The predicted molar refractivity (Wildman–Crippen MR) is 91.7 cm³/mol. The fourth-order valence-corrected chi connectivity index (χ4v) is 3.78. The van der Waals surface area contributed by atoms with E-state index in [0.29, 0.717) is 12.6 Å². The molecule has 7 nitrogen and oxygen atoms in total. The second-order valence-electron chi connectivity index (χ2n) is 7.46. The molecule has 0 aromatic carbocycles. The maximum absolute atomic E-state index is 13.9. The minimum Gasteiger partial charge on any atom is -0.337 e. The molecule has 0 unspecified atom stereocenters. The van der Waals surface area contributed by atoms with Gasteiger partial charge in [0.1, 0.15) is 11.4 Å². The largest absolute Gasteiger partial charge is 0.337 e. The van der Waals surface area contributed by atoms with Crippen LogP contribution in [0.1, 0.15) is 37.2 Å². The third-order valence-corrected chi connectivity index (χ3v) is 5.17. The van der Waals surface area contributed by atoms with E-state index in [1.165, 1.54) is 11.9 Å².